The van der Waals surface area contributed by atoms with Crippen LogP contribution in [0.4, 0.5) is 0 Å². The van der Waals surface area contributed by atoms with E-state index < -0.39 is 15.6 Å². The Bertz CT molecular complexity index is 622. The summed E-state index contributed by atoms with van der Waals surface area (Å²) in [6, 6.07) is 9.40. The number of nitrogens with zero attached hydrogens (tertiary/aromatic N) is 1. The van der Waals surface area contributed by atoms with Gasteiger partial charge >= 0.3 is 0 Å². The molecular weight excluding hydrogens is 455 g/mol. The van der Waals surface area contributed by atoms with Crippen LogP contribution in [0.5, 0.6) is 0 Å². The van der Waals surface area contributed by atoms with Crippen LogP contribution in [0.3, 0.4) is 0 Å². The highest BCUT2D eigenvalue weighted by Crippen LogP contribution is 2.20. The predicted molar refractivity (Wildman–Crippen MR) is 113 cm³/mol. The van der Waals surface area contributed by atoms with Crippen molar-refractivity contribution in [2.45, 2.75) is 25.9 Å². The van der Waals surface area contributed by atoms with Gasteiger partial charge in [-0.25, -0.2) is 18.1 Å². The molecule has 1 rings (SSSR count). The molecule has 0 aliphatic rings. The van der Waals surface area contributed by atoms with Gasteiger partial charge in [-0.2, -0.15) is 0 Å². The summed E-state index contributed by atoms with van der Waals surface area (Å²) >= 11 is 0. The van der Waals surface area contributed by atoms with Crippen LogP contribution in [0.2, 0.25) is 0 Å². The van der Waals surface area contributed by atoms with E-state index in [2.05, 4.69) is 20.3 Å². The Balaban J connectivity index is 0.00000576. The van der Waals surface area contributed by atoms with Crippen LogP contribution in [0, 0.1) is 0 Å². The molecule has 1 aromatic rings. The molecule has 0 aliphatic heterocycles. The van der Waals surface area contributed by atoms with Gasteiger partial charge in [0.15, 0.2) is 5.96 Å². The van der Waals surface area contributed by atoms with Crippen LogP contribution in [-0.2, 0) is 15.6 Å². The Morgan fingerprint density at radius 3 is 2.40 bits per heavy atom. The Kier molecular flexibility index (Phi) is 11.2. The van der Waals surface area contributed by atoms with E-state index in [4.69, 9.17) is 0 Å². The van der Waals surface area contributed by atoms with Crippen molar-refractivity contribution in [1.29, 1.82) is 0 Å². The first-order chi connectivity index (χ1) is 11.2. The fourth-order valence-corrected chi connectivity index (χ4v) is 2.53. The van der Waals surface area contributed by atoms with Crippen molar-refractivity contribution in [3.8, 4) is 0 Å². The lowest BCUT2D eigenvalue weighted by atomic mass is 9.96. The summed E-state index contributed by atoms with van der Waals surface area (Å²) in [5, 5.41) is 16.8. The van der Waals surface area contributed by atoms with Crippen molar-refractivity contribution in [2.75, 3.05) is 32.4 Å². The number of halogens is 1. The maximum Gasteiger partial charge on any atom is 0.208 e. The van der Waals surface area contributed by atoms with Gasteiger partial charge in [-0.05, 0) is 25.8 Å². The van der Waals surface area contributed by atoms with Crippen LogP contribution in [0.15, 0.2) is 35.3 Å². The number of nitrogens with one attached hydrogen (secondary N) is 3. The second kappa shape index (κ2) is 11.7. The molecule has 25 heavy (non-hydrogen) atoms. The molecule has 1 atom stereocenters. The molecule has 0 saturated carbocycles. The lowest BCUT2D eigenvalue weighted by Crippen LogP contribution is -2.40. The monoisotopic (exact) mass is 484 g/mol. The summed E-state index contributed by atoms with van der Waals surface area (Å²) in [5.41, 5.74) is -0.247. The first-order valence-electron chi connectivity index (χ1n) is 7.99. The van der Waals surface area contributed by atoms with Crippen LogP contribution in [0.25, 0.3) is 0 Å². The molecule has 1 unspecified atom stereocenters. The minimum absolute atomic E-state index is 0. The zero-order chi connectivity index (χ0) is 18.1. The van der Waals surface area contributed by atoms with E-state index in [9.17, 15) is 13.5 Å². The van der Waals surface area contributed by atoms with Gasteiger partial charge in [0.25, 0.3) is 0 Å². The van der Waals surface area contributed by atoms with Crippen molar-refractivity contribution in [3.63, 3.8) is 0 Å². The number of aliphatic hydroxyl groups is 1. The van der Waals surface area contributed by atoms with Gasteiger partial charge in [0.2, 0.25) is 10.0 Å². The Hall–Kier alpha value is -0.910. The fourth-order valence-electron chi connectivity index (χ4n) is 2.02. The Morgan fingerprint density at radius 2 is 1.84 bits per heavy atom. The highest BCUT2D eigenvalue weighted by atomic mass is 127. The molecule has 0 fully saturated rings. The van der Waals surface area contributed by atoms with Gasteiger partial charge in [0.05, 0.1) is 12.8 Å². The molecule has 0 saturated heterocycles. The maximum atomic E-state index is 11.0. The van der Waals surface area contributed by atoms with Crippen LogP contribution >= 0.6 is 24.0 Å². The van der Waals surface area contributed by atoms with E-state index in [1.54, 1.807) is 6.92 Å². The van der Waals surface area contributed by atoms with Gasteiger partial charge in [0, 0.05) is 19.6 Å². The molecule has 1 aromatic carbocycles. The average molecular weight is 484 g/mol. The summed E-state index contributed by atoms with van der Waals surface area (Å²) in [4.78, 5) is 4.41. The molecule has 0 bridgehead atoms. The summed E-state index contributed by atoms with van der Waals surface area (Å²) in [5.74, 6) is 0.591. The number of guanidine groups is 1. The molecule has 7 nitrogen and oxygen atoms in total. The third kappa shape index (κ3) is 10.6. The second-order valence-corrected chi connectivity index (χ2v) is 7.61. The highest BCUT2D eigenvalue weighted by Gasteiger charge is 2.22. The minimum Gasteiger partial charge on any atom is -0.384 e. The van der Waals surface area contributed by atoms with Gasteiger partial charge in [-0.1, -0.05) is 30.3 Å². The van der Waals surface area contributed by atoms with Crippen molar-refractivity contribution >= 4 is 40.0 Å². The van der Waals surface area contributed by atoms with E-state index in [-0.39, 0.29) is 30.5 Å². The van der Waals surface area contributed by atoms with Gasteiger partial charge in [0.1, 0.15) is 5.60 Å². The third-order valence-electron chi connectivity index (χ3n) is 3.30. The van der Waals surface area contributed by atoms with Crippen molar-refractivity contribution < 1.29 is 13.5 Å². The molecule has 0 aliphatic carbocycles. The van der Waals surface area contributed by atoms with Crippen LogP contribution in [0.1, 0.15) is 25.8 Å². The first-order valence-corrected chi connectivity index (χ1v) is 9.88. The standard InChI is InChI=1S/C16H28N4O3S.HI/c1-4-17-15(18-11-8-12-20-24(3,22)23)19-13-16(2,21)14-9-6-5-7-10-14;/h5-7,9-10,20-21H,4,8,11-13H2,1-3H3,(H2,17,18,19);1H. The molecule has 0 heterocycles. The van der Waals surface area contributed by atoms with Gasteiger partial charge in [-0.15, -0.1) is 24.0 Å². The average Bonchev–Trinajstić information content (AvgIpc) is 2.52. The number of benzene rings is 1. The Labute approximate surface area is 167 Å². The minimum atomic E-state index is -3.15. The molecular formula is C16H29IN4O3S. The largest absolute Gasteiger partial charge is 0.384 e. The van der Waals surface area contributed by atoms with E-state index in [0.29, 0.717) is 32.0 Å². The van der Waals surface area contributed by atoms with Gasteiger partial charge < -0.3 is 15.7 Å². The third-order valence-corrected chi connectivity index (χ3v) is 4.02. The normalized spacial score (nSPS) is 14.3. The topological polar surface area (TPSA) is 103 Å². The SMILES string of the molecule is CCNC(=NCC(C)(O)c1ccccc1)NCCCNS(C)(=O)=O.I. The highest BCUT2D eigenvalue weighted by molar-refractivity contribution is 14.0. The van der Waals surface area contributed by atoms with E-state index in [1.165, 1.54) is 0 Å². The number of sulfonamides is 1. The zero-order valence-corrected chi connectivity index (χ0v) is 18.1. The van der Waals surface area contributed by atoms with E-state index in [1.807, 2.05) is 37.3 Å². The molecule has 4 N–H and O–H groups in total. The Morgan fingerprint density at radius 1 is 1.20 bits per heavy atom. The maximum absolute atomic E-state index is 11.0. The number of aliphatic imine (C=N–C) groups is 1. The predicted octanol–water partition coefficient (Wildman–Crippen LogP) is 1.01. The molecule has 0 spiro atoms. The smallest absolute Gasteiger partial charge is 0.208 e. The van der Waals surface area contributed by atoms with E-state index >= 15 is 0 Å². The molecule has 9 heteroatoms. The van der Waals surface area contributed by atoms with Crippen LogP contribution in [-0.4, -0.2) is 51.9 Å². The fraction of sp³-hybridized carbons (Fsp3) is 0.562. The molecule has 0 radical (unpaired) electrons. The summed E-state index contributed by atoms with van der Waals surface area (Å²) in [6.07, 6.45) is 1.77. The quantitative estimate of drug-likeness (QED) is 0.181. The zero-order valence-electron chi connectivity index (χ0n) is 14.9. The van der Waals surface area contributed by atoms with Gasteiger partial charge in [-0.3, -0.25) is 0 Å². The van der Waals surface area contributed by atoms with Crippen molar-refractivity contribution in [1.82, 2.24) is 15.4 Å². The lowest BCUT2D eigenvalue weighted by Gasteiger charge is -2.22. The van der Waals surface area contributed by atoms with Crippen molar-refractivity contribution in [2.24, 2.45) is 4.99 Å². The summed E-state index contributed by atoms with van der Waals surface area (Å²) in [7, 11) is -3.15. The number of rotatable bonds is 9. The molecule has 144 valence electrons. The summed E-state index contributed by atoms with van der Waals surface area (Å²) < 4.78 is 24.4. The molecule has 0 amide bonds. The first kappa shape index (κ1) is 24.1. The van der Waals surface area contributed by atoms with E-state index in [0.717, 1.165) is 11.8 Å². The second-order valence-electron chi connectivity index (χ2n) is 5.78. The molecule has 0 aromatic heterocycles. The van der Waals surface area contributed by atoms with Crippen LogP contribution < -0.4 is 15.4 Å². The lowest BCUT2D eigenvalue weighted by molar-refractivity contribution is 0.0672. The summed E-state index contributed by atoms with van der Waals surface area (Å²) in [6.45, 7) is 5.53. The number of hydrogen-bond acceptors (Lipinski definition) is 4. The number of hydrogen-bond donors (Lipinski definition) is 4. The van der Waals surface area contributed by atoms with Crippen molar-refractivity contribution in [3.05, 3.63) is 35.9 Å².